The van der Waals surface area contributed by atoms with E-state index >= 15 is 0 Å². The van der Waals surface area contributed by atoms with Crippen LogP contribution in [0.3, 0.4) is 0 Å². The first-order chi connectivity index (χ1) is 27.0. The molecular weight excluding hydrogens is 737 g/mol. The molecular formula is C43H78NO11P. The Morgan fingerprint density at radius 3 is 2.05 bits per heavy atom. The number of nitrogens with two attached hydrogens (primary N) is 1. The smallest absolute Gasteiger partial charge is 0.462 e. The Morgan fingerprint density at radius 2 is 1.38 bits per heavy atom. The summed E-state index contributed by atoms with van der Waals surface area (Å²) in [5, 5.41) is 31.4. The summed E-state index contributed by atoms with van der Waals surface area (Å²) in [5.74, 6) is -1.28. The first-order valence-corrected chi connectivity index (χ1v) is 23.2. The molecule has 0 aromatic rings. The molecule has 0 aliphatic heterocycles. The van der Waals surface area contributed by atoms with Gasteiger partial charge in [0, 0.05) is 31.7 Å². The number of aliphatic hydroxyl groups excluding tert-OH is 3. The van der Waals surface area contributed by atoms with Crippen LogP contribution in [0.2, 0.25) is 0 Å². The van der Waals surface area contributed by atoms with Crippen molar-refractivity contribution in [1.82, 2.24) is 0 Å². The number of esters is 2. The molecule has 0 heterocycles. The monoisotopic (exact) mass is 816 g/mol. The lowest BCUT2D eigenvalue weighted by atomic mass is 9.88. The molecule has 0 aromatic heterocycles. The number of allylic oxidation sites excluding steroid dienone is 4. The van der Waals surface area contributed by atoms with Crippen LogP contribution >= 0.6 is 7.82 Å². The van der Waals surface area contributed by atoms with Crippen molar-refractivity contribution in [2.75, 3.05) is 26.4 Å². The zero-order valence-electron chi connectivity index (χ0n) is 34.7. The van der Waals surface area contributed by atoms with Crippen molar-refractivity contribution < 1.29 is 52.9 Å². The van der Waals surface area contributed by atoms with Gasteiger partial charge in [-0.1, -0.05) is 121 Å². The lowest BCUT2D eigenvalue weighted by molar-refractivity contribution is -0.161. The van der Waals surface area contributed by atoms with E-state index in [-0.39, 0.29) is 44.4 Å². The minimum Gasteiger partial charge on any atom is -0.462 e. The molecule has 0 bridgehead atoms. The lowest BCUT2D eigenvalue weighted by Crippen LogP contribution is -2.29. The number of carbonyl (C=O) groups excluding carboxylic acids is 2. The summed E-state index contributed by atoms with van der Waals surface area (Å²) in [6.45, 7) is 3.34. The van der Waals surface area contributed by atoms with Gasteiger partial charge in [-0.15, -0.1) is 0 Å². The van der Waals surface area contributed by atoms with Crippen LogP contribution in [0.4, 0.5) is 0 Å². The molecule has 56 heavy (non-hydrogen) atoms. The Labute approximate surface area is 338 Å². The summed E-state index contributed by atoms with van der Waals surface area (Å²) in [4.78, 5) is 35.1. The number of rotatable bonds is 36. The molecule has 6 N–H and O–H groups in total. The zero-order valence-corrected chi connectivity index (χ0v) is 35.6. The molecule has 0 spiro atoms. The molecule has 0 saturated heterocycles. The van der Waals surface area contributed by atoms with Gasteiger partial charge in [0.25, 0.3) is 0 Å². The first-order valence-electron chi connectivity index (χ1n) is 21.7. The minimum absolute atomic E-state index is 0.0161. The second-order valence-corrected chi connectivity index (χ2v) is 16.6. The molecule has 326 valence electrons. The highest BCUT2D eigenvalue weighted by atomic mass is 31.2. The van der Waals surface area contributed by atoms with Crippen molar-refractivity contribution in [3.05, 3.63) is 36.5 Å². The van der Waals surface area contributed by atoms with E-state index in [1.807, 2.05) is 6.08 Å². The van der Waals surface area contributed by atoms with Crippen molar-refractivity contribution in [2.45, 2.75) is 186 Å². The maximum atomic E-state index is 12.7. The standard InChI is InChI=1S/C43H78NO11P/c1-3-5-7-8-9-10-11-12-13-14-15-16-17-18-23-27-42(48)52-34-37(35-54-56(50,51)53-32-31-44)55-43(49)28-24-20-19-22-26-38-39(41(47)33-40(38)46)30-29-36(45)25-21-6-4-2/h9-10,12-13,29-30,36-41,45-47H,3-8,11,14-28,31-35,44H2,1-2H3,(H,50,51)/b10-9-,13-12-,30-29+/t36-,37+,38+,39+,40-,41+/m0/s1. The van der Waals surface area contributed by atoms with E-state index < -0.39 is 50.8 Å². The fraction of sp³-hybridized carbons (Fsp3) is 0.814. The minimum atomic E-state index is -4.44. The third kappa shape index (κ3) is 27.7. The van der Waals surface area contributed by atoms with E-state index in [9.17, 15) is 34.4 Å². The predicted octanol–water partition coefficient (Wildman–Crippen LogP) is 8.54. The van der Waals surface area contributed by atoms with Crippen LogP contribution in [-0.4, -0.2) is 82.9 Å². The highest BCUT2D eigenvalue weighted by molar-refractivity contribution is 7.47. The number of unbranched alkanes of at least 4 members (excludes halogenated alkanes) is 13. The van der Waals surface area contributed by atoms with Crippen LogP contribution < -0.4 is 5.73 Å². The van der Waals surface area contributed by atoms with Gasteiger partial charge in [0.1, 0.15) is 6.61 Å². The molecule has 0 radical (unpaired) electrons. The fourth-order valence-corrected chi connectivity index (χ4v) is 7.58. The number of carbonyl (C=O) groups is 2. The van der Waals surface area contributed by atoms with Gasteiger partial charge in [-0.3, -0.25) is 18.6 Å². The zero-order chi connectivity index (χ0) is 41.3. The highest BCUT2D eigenvalue weighted by Crippen LogP contribution is 2.43. The Balaban J connectivity index is 2.40. The van der Waals surface area contributed by atoms with Crippen molar-refractivity contribution in [3.63, 3.8) is 0 Å². The Hall–Kier alpha value is -1.89. The Kier molecular flexibility index (Phi) is 31.7. The number of aliphatic hydroxyl groups is 3. The molecule has 7 atom stereocenters. The average molecular weight is 816 g/mol. The number of phosphoric ester groups is 1. The summed E-state index contributed by atoms with van der Waals surface area (Å²) in [6, 6.07) is 0. The number of phosphoric acid groups is 1. The van der Waals surface area contributed by atoms with Crippen LogP contribution in [0.5, 0.6) is 0 Å². The third-order valence-electron chi connectivity index (χ3n) is 10.1. The number of ether oxygens (including phenoxy) is 2. The first kappa shape index (κ1) is 52.1. The third-order valence-corrected chi connectivity index (χ3v) is 11.1. The predicted molar refractivity (Wildman–Crippen MR) is 222 cm³/mol. The van der Waals surface area contributed by atoms with Crippen molar-refractivity contribution in [1.29, 1.82) is 0 Å². The van der Waals surface area contributed by atoms with E-state index in [0.29, 0.717) is 25.7 Å². The number of hydrogen-bond acceptors (Lipinski definition) is 11. The van der Waals surface area contributed by atoms with Gasteiger partial charge in [0.2, 0.25) is 0 Å². The molecule has 1 aliphatic carbocycles. The van der Waals surface area contributed by atoms with E-state index in [0.717, 1.165) is 89.9 Å². The maximum absolute atomic E-state index is 12.7. The van der Waals surface area contributed by atoms with Gasteiger partial charge in [-0.05, 0) is 63.7 Å². The van der Waals surface area contributed by atoms with Gasteiger partial charge in [0.15, 0.2) is 6.10 Å². The molecule has 1 fully saturated rings. The van der Waals surface area contributed by atoms with E-state index in [2.05, 4.69) is 38.2 Å². The quantitative estimate of drug-likeness (QED) is 0.0175. The normalized spacial score (nSPS) is 20.9. The Bertz CT molecular complexity index is 1130. The summed E-state index contributed by atoms with van der Waals surface area (Å²) < 4.78 is 32.8. The molecule has 1 unspecified atom stereocenters. The van der Waals surface area contributed by atoms with E-state index in [4.69, 9.17) is 24.3 Å². The summed E-state index contributed by atoms with van der Waals surface area (Å²) in [5.41, 5.74) is 5.34. The summed E-state index contributed by atoms with van der Waals surface area (Å²) >= 11 is 0. The molecule has 1 rings (SSSR count). The lowest BCUT2D eigenvalue weighted by Gasteiger charge is -2.21. The topological polar surface area (TPSA) is 195 Å². The van der Waals surface area contributed by atoms with E-state index in [1.54, 1.807) is 6.08 Å². The SMILES string of the molecule is CCCCC/C=C\C/C=C\CCCCCCCC(=O)OC[C@H](COP(=O)(O)OCCN)OC(=O)CCCCCC[C@@H]1[C@@H](/C=C/[C@@H](O)CCCCC)[C@H](O)C[C@@H]1O. The van der Waals surface area contributed by atoms with Crippen LogP contribution in [0, 0.1) is 11.8 Å². The fourth-order valence-electron chi connectivity index (χ4n) is 6.82. The average Bonchev–Trinajstić information content (AvgIpc) is 3.44. The van der Waals surface area contributed by atoms with Crippen LogP contribution in [-0.2, 0) is 32.7 Å². The maximum Gasteiger partial charge on any atom is 0.472 e. The van der Waals surface area contributed by atoms with Crippen LogP contribution in [0.25, 0.3) is 0 Å². The summed E-state index contributed by atoms with van der Waals surface area (Å²) in [7, 11) is -4.44. The molecule has 1 saturated carbocycles. The van der Waals surface area contributed by atoms with Gasteiger partial charge in [-0.2, -0.15) is 0 Å². The Morgan fingerprint density at radius 1 is 0.768 bits per heavy atom. The van der Waals surface area contributed by atoms with Gasteiger partial charge >= 0.3 is 19.8 Å². The van der Waals surface area contributed by atoms with Crippen molar-refractivity contribution in [3.8, 4) is 0 Å². The molecule has 13 heteroatoms. The van der Waals surface area contributed by atoms with Crippen molar-refractivity contribution in [2.24, 2.45) is 17.6 Å². The number of hydrogen-bond donors (Lipinski definition) is 5. The highest BCUT2D eigenvalue weighted by Gasteiger charge is 2.39. The second-order valence-electron chi connectivity index (χ2n) is 15.2. The largest absolute Gasteiger partial charge is 0.472 e. The van der Waals surface area contributed by atoms with Gasteiger partial charge in [-0.25, -0.2) is 4.57 Å². The van der Waals surface area contributed by atoms with Crippen molar-refractivity contribution >= 4 is 19.8 Å². The van der Waals surface area contributed by atoms with Gasteiger partial charge < -0.3 is 35.4 Å². The molecule has 0 amide bonds. The van der Waals surface area contributed by atoms with Crippen LogP contribution in [0.15, 0.2) is 36.5 Å². The van der Waals surface area contributed by atoms with E-state index in [1.165, 1.54) is 19.3 Å². The van der Waals surface area contributed by atoms with Gasteiger partial charge in [0.05, 0.1) is 31.5 Å². The molecule has 1 aliphatic rings. The summed E-state index contributed by atoms with van der Waals surface area (Å²) in [6.07, 6.45) is 29.5. The second kappa shape index (κ2) is 34.0. The van der Waals surface area contributed by atoms with Crippen LogP contribution in [0.1, 0.15) is 162 Å². The molecule has 0 aromatic carbocycles. The molecule has 12 nitrogen and oxygen atoms in total.